The molecule has 2 unspecified atom stereocenters. The highest BCUT2D eigenvalue weighted by molar-refractivity contribution is 7.81. The molecule has 0 rings (SSSR count). The first kappa shape index (κ1) is 8.23. The monoisotopic (exact) mass is 135 g/mol. The Morgan fingerprint density at radius 2 is 1.75 bits per heavy atom. The first-order valence-electron chi connectivity index (χ1n) is 2.56. The van der Waals surface area contributed by atoms with E-state index >= 15 is 0 Å². The van der Waals surface area contributed by atoms with Gasteiger partial charge in [0.2, 0.25) is 0 Å². The van der Waals surface area contributed by atoms with Gasteiger partial charge in [0.05, 0.1) is 0 Å². The van der Waals surface area contributed by atoms with Crippen molar-refractivity contribution in [2.24, 2.45) is 17.2 Å². The third-order valence-electron chi connectivity index (χ3n) is 1.01. The quantitative estimate of drug-likeness (QED) is 0.357. The smallest absolute Gasteiger partial charge is 0.0303 e. The van der Waals surface area contributed by atoms with E-state index in [2.05, 4.69) is 12.6 Å². The molecule has 0 aromatic carbocycles. The zero-order chi connectivity index (χ0) is 6.57. The molecule has 0 saturated carbocycles. The van der Waals surface area contributed by atoms with Crippen molar-refractivity contribution in [1.29, 1.82) is 0 Å². The second-order valence-corrected chi connectivity index (χ2v) is 2.37. The van der Waals surface area contributed by atoms with E-state index in [1.165, 1.54) is 0 Å². The number of nitrogens with two attached hydrogens (primary N) is 3. The van der Waals surface area contributed by atoms with Gasteiger partial charge >= 0.3 is 0 Å². The molecule has 0 aliphatic carbocycles. The third kappa shape index (κ3) is 2.52. The predicted octanol–water partition coefficient (Wildman–Crippen LogP) is -1.47. The van der Waals surface area contributed by atoms with Gasteiger partial charge in [0.1, 0.15) is 0 Å². The van der Waals surface area contributed by atoms with Crippen molar-refractivity contribution in [1.82, 2.24) is 0 Å². The van der Waals surface area contributed by atoms with E-state index in [1.807, 2.05) is 0 Å². The third-order valence-corrected chi connectivity index (χ3v) is 1.60. The van der Waals surface area contributed by atoms with E-state index in [4.69, 9.17) is 17.2 Å². The molecule has 6 N–H and O–H groups in total. The van der Waals surface area contributed by atoms with Crippen molar-refractivity contribution >= 4 is 12.6 Å². The Morgan fingerprint density at radius 3 is 1.88 bits per heavy atom. The lowest BCUT2D eigenvalue weighted by Gasteiger charge is -2.13. The lowest BCUT2D eigenvalue weighted by Crippen LogP contribution is -2.41. The van der Waals surface area contributed by atoms with Gasteiger partial charge < -0.3 is 17.2 Å². The van der Waals surface area contributed by atoms with E-state index in [1.54, 1.807) is 0 Å². The maximum atomic E-state index is 5.45. The van der Waals surface area contributed by atoms with Crippen LogP contribution in [0.2, 0.25) is 0 Å². The van der Waals surface area contributed by atoms with Crippen LogP contribution in [0.5, 0.6) is 0 Å². The Bertz CT molecular complexity index is 51.2. The van der Waals surface area contributed by atoms with Gasteiger partial charge in [-0.2, -0.15) is 12.6 Å². The molecule has 0 amide bonds. The van der Waals surface area contributed by atoms with Gasteiger partial charge in [-0.1, -0.05) is 0 Å². The molecule has 0 fully saturated rings. The minimum absolute atomic E-state index is 0.0417. The maximum Gasteiger partial charge on any atom is 0.0303 e. The minimum Gasteiger partial charge on any atom is -0.329 e. The van der Waals surface area contributed by atoms with Gasteiger partial charge in [0.25, 0.3) is 0 Å². The maximum absolute atomic E-state index is 5.45. The van der Waals surface area contributed by atoms with Crippen LogP contribution in [-0.4, -0.2) is 24.4 Å². The Hall–Kier alpha value is 0.230. The molecule has 3 nitrogen and oxygen atoms in total. The van der Waals surface area contributed by atoms with Crippen LogP contribution < -0.4 is 17.2 Å². The molecule has 0 aliphatic heterocycles. The minimum atomic E-state index is -0.0664. The van der Waals surface area contributed by atoms with Gasteiger partial charge in [0, 0.05) is 24.4 Å². The van der Waals surface area contributed by atoms with Crippen molar-refractivity contribution in [3.8, 4) is 0 Å². The van der Waals surface area contributed by atoms with Crippen LogP contribution in [0, 0.1) is 0 Å². The molecule has 0 aliphatic rings. The van der Waals surface area contributed by atoms with Gasteiger partial charge in [-0.3, -0.25) is 0 Å². The Morgan fingerprint density at radius 1 is 1.25 bits per heavy atom. The van der Waals surface area contributed by atoms with Crippen LogP contribution >= 0.6 is 12.6 Å². The van der Waals surface area contributed by atoms with Crippen LogP contribution in [0.1, 0.15) is 0 Å². The van der Waals surface area contributed by atoms with Crippen LogP contribution in [-0.2, 0) is 0 Å². The second-order valence-electron chi connectivity index (χ2n) is 1.70. The summed E-state index contributed by atoms with van der Waals surface area (Å²) in [6.07, 6.45) is 0. The number of rotatable bonds is 3. The fourth-order valence-corrected chi connectivity index (χ4v) is 0.454. The van der Waals surface area contributed by atoms with E-state index in [-0.39, 0.29) is 11.3 Å². The zero-order valence-electron chi connectivity index (χ0n) is 4.75. The normalized spacial score (nSPS) is 18.0. The summed E-state index contributed by atoms with van der Waals surface area (Å²) in [6, 6.07) is -0.0664. The summed E-state index contributed by atoms with van der Waals surface area (Å²) in [6.45, 7) is 0.937. The number of hydrogen-bond donors (Lipinski definition) is 4. The van der Waals surface area contributed by atoms with Gasteiger partial charge in [-0.15, -0.1) is 0 Å². The first-order valence-corrected chi connectivity index (χ1v) is 3.07. The largest absolute Gasteiger partial charge is 0.329 e. The average Bonchev–Trinajstić information content (AvgIpc) is 1.84. The SMILES string of the molecule is NCC(N)C(S)CN. The van der Waals surface area contributed by atoms with Crippen molar-refractivity contribution in [2.45, 2.75) is 11.3 Å². The van der Waals surface area contributed by atoms with E-state index < -0.39 is 0 Å². The summed E-state index contributed by atoms with van der Waals surface area (Å²) >= 11 is 4.07. The van der Waals surface area contributed by atoms with Gasteiger partial charge in [-0.05, 0) is 0 Å². The molecule has 0 saturated heterocycles. The Labute approximate surface area is 55.0 Å². The molecule has 0 aromatic heterocycles. The van der Waals surface area contributed by atoms with Crippen LogP contribution in [0.3, 0.4) is 0 Å². The van der Waals surface area contributed by atoms with Gasteiger partial charge in [-0.25, -0.2) is 0 Å². The fourth-order valence-electron chi connectivity index (χ4n) is 0.332. The lowest BCUT2D eigenvalue weighted by molar-refractivity contribution is 0.649. The molecule has 2 atom stereocenters. The topological polar surface area (TPSA) is 78.1 Å². The average molecular weight is 135 g/mol. The molecule has 0 spiro atoms. The van der Waals surface area contributed by atoms with E-state index in [9.17, 15) is 0 Å². The number of thiol groups is 1. The summed E-state index contributed by atoms with van der Waals surface area (Å²) in [5.41, 5.74) is 15.9. The van der Waals surface area contributed by atoms with Crippen molar-refractivity contribution in [2.75, 3.05) is 13.1 Å². The van der Waals surface area contributed by atoms with Crippen molar-refractivity contribution in [3.63, 3.8) is 0 Å². The molecule has 0 aromatic rings. The van der Waals surface area contributed by atoms with Crippen molar-refractivity contribution in [3.05, 3.63) is 0 Å². The molecule has 50 valence electrons. The first-order chi connectivity index (χ1) is 3.72. The highest BCUT2D eigenvalue weighted by atomic mass is 32.1. The molecular weight excluding hydrogens is 122 g/mol. The summed E-state index contributed by atoms with van der Waals surface area (Å²) in [5.74, 6) is 0. The number of hydrogen-bond acceptors (Lipinski definition) is 4. The molecular formula is C4H13N3S. The van der Waals surface area contributed by atoms with E-state index in [0.717, 1.165) is 0 Å². The van der Waals surface area contributed by atoms with E-state index in [0.29, 0.717) is 13.1 Å². The summed E-state index contributed by atoms with van der Waals surface area (Å²) in [5, 5.41) is 0.0417. The Kier molecular flexibility index (Phi) is 4.26. The predicted molar refractivity (Wildman–Crippen MR) is 38.9 cm³/mol. The van der Waals surface area contributed by atoms with Crippen LogP contribution in [0.25, 0.3) is 0 Å². The zero-order valence-corrected chi connectivity index (χ0v) is 5.64. The molecule has 8 heavy (non-hydrogen) atoms. The summed E-state index contributed by atoms with van der Waals surface area (Å²) < 4.78 is 0. The molecule has 0 heterocycles. The Balaban J connectivity index is 3.29. The molecule has 4 heteroatoms. The highest BCUT2D eigenvalue weighted by Gasteiger charge is 2.07. The van der Waals surface area contributed by atoms with Crippen LogP contribution in [0.4, 0.5) is 0 Å². The highest BCUT2D eigenvalue weighted by Crippen LogP contribution is 1.94. The summed E-state index contributed by atoms with van der Waals surface area (Å²) in [4.78, 5) is 0. The summed E-state index contributed by atoms with van der Waals surface area (Å²) in [7, 11) is 0. The molecule has 0 bridgehead atoms. The lowest BCUT2D eigenvalue weighted by atomic mass is 10.2. The second kappa shape index (κ2) is 4.14. The standard InChI is InChI=1S/C4H13N3S/c5-1-3(7)4(8)2-6/h3-4,8H,1-2,5-7H2. The fraction of sp³-hybridized carbons (Fsp3) is 1.00. The van der Waals surface area contributed by atoms with Gasteiger partial charge in [0.15, 0.2) is 0 Å². The molecule has 0 radical (unpaired) electrons. The van der Waals surface area contributed by atoms with Crippen LogP contribution in [0.15, 0.2) is 0 Å². The van der Waals surface area contributed by atoms with Crippen molar-refractivity contribution < 1.29 is 0 Å².